The summed E-state index contributed by atoms with van der Waals surface area (Å²) >= 11 is 1.88. The van der Waals surface area contributed by atoms with Crippen molar-refractivity contribution in [2.75, 3.05) is 25.5 Å². The van der Waals surface area contributed by atoms with Crippen molar-refractivity contribution in [1.82, 2.24) is 14.9 Å². The molecular formula is C17H24N4S. The monoisotopic (exact) mass is 316 g/mol. The Balaban J connectivity index is 1.65. The van der Waals surface area contributed by atoms with E-state index in [0.717, 1.165) is 24.1 Å². The number of nitrogens with zero attached hydrogens (tertiary/aromatic N) is 3. The van der Waals surface area contributed by atoms with Crippen LogP contribution in [0.5, 0.6) is 0 Å². The SMILES string of the molecule is CNc1nc(CN2CCC(C)CC2)nc2sc3c(c12)CCC3. The molecule has 3 heterocycles. The minimum absolute atomic E-state index is 0.868. The average Bonchev–Trinajstić information content (AvgIpc) is 3.09. The molecule has 2 aromatic heterocycles. The lowest BCUT2D eigenvalue weighted by molar-refractivity contribution is 0.181. The highest BCUT2D eigenvalue weighted by Gasteiger charge is 2.23. The number of aromatic nitrogens is 2. The molecule has 4 rings (SSSR count). The van der Waals surface area contributed by atoms with Crippen molar-refractivity contribution < 1.29 is 0 Å². The Labute approximate surface area is 136 Å². The standard InChI is InChI=1S/C17H24N4S/c1-11-6-8-21(9-7-11)10-14-19-16(18-2)15-12-4-3-5-13(12)22-17(15)20-14/h11H,3-10H2,1-2H3,(H,18,19,20). The molecule has 0 bridgehead atoms. The molecule has 1 aliphatic carbocycles. The Kier molecular flexibility index (Phi) is 3.78. The molecule has 2 aliphatic rings. The lowest BCUT2D eigenvalue weighted by Crippen LogP contribution is -2.33. The van der Waals surface area contributed by atoms with Crippen LogP contribution in [0.2, 0.25) is 0 Å². The predicted octanol–water partition coefficient (Wildman–Crippen LogP) is 3.45. The summed E-state index contributed by atoms with van der Waals surface area (Å²) in [5, 5.41) is 4.60. The third-order valence-electron chi connectivity index (χ3n) is 5.09. The van der Waals surface area contributed by atoms with Gasteiger partial charge in [-0.15, -0.1) is 11.3 Å². The van der Waals surface area contributed by atoms with Crippen molar-refractivity contribution in [1.29, 1.82) is 0 Å². The highest BCUT2D eigenvalue weighted by atomic mass is 32.1. The third kappa shape index (κ3) is 2.50. The fourth-order valence-electron chi connectivity index (χ4n) is 3.71. The zero-order chi connectivity index (χ0) is 15.1. The second-order valence-electron chi connectivity index (χ2n) is 6.73. The number of thiophene rings is 1. The van der Waals surface area contributed by atoms with E-state index in [1.54, 1.807) is 0 Å². The predicted molar refractivity (Wildman–Crippen MR) is 92.7 cm³/mol. The van der Waals surface area contributed by atoms with Crippen molar-refractivity contribution in [3.63, 3.8) is 0 Å². The van der Waals surface area contributed by atoms with E-state index in [9.17, 15) is 0 Å². The van der Waals surface area contributed by atoms with Crippen LogP contribution in [0.15, 0.2) is 0 Å². The lowest BCUT2D eigenvalue weighted by atomic mass is 9.99. The van der Waals surface area contributed by atoms with Gasteiger partial charge in [-0.2, -0.15) is 0 Å². The van der Waals surface area contributed by atoms with Gasteiger partial charge >= 0.3 is 0 Å². The molecule has 2 aromatic rings. The first-order valence-electron chi connectivity index (χ1n) is 8.46. The van der Waals surface area contributed by atoms with Crippen molar-refractivity contribution in [3.05, 3.63) is 16.3 Å². The number of hydrogen-bond acceptors (Lipinski definition) is 5. The van der Waals surface area contributed by atoms with Gasteiger partial charge < -0.3 is 5.32 Å². The van der Waals surface area contributed by atoms with Gasteiger partial charge in [0, 0.05) is 11.9 Å². The van der Waals surface area contributed by atoms with Gasteiger partial charge in [0.15, 0.2) is 0 Å². The minimum Gasteiger partial charge on any atom is -0.372 e. The second kappa shape index (κ2) is 5.78. The highest BCUT2D eigenvalue weighted by molar-refractivity contribution is 7.19. The van der Waals surface area contributed by atoms with Crippen LogP contribution in [0.1, 0.15) is 42.5 Å². The molecule has 0 unspecified atom stereocenters. The highest BCUT2D eigenvalue weighted by Crippen LogP contribution is 2.39. The maximum atomic E-state index is 4.89. The molecule has 0 atom stereocenters. The molecule has 1 N–H and O–H groups in total. The van der Waals surface area contributed by atoms with Gasteiger partial charge in [-0.3, -0.25) is 4.90 Å². The van der Waals surface area contributed by atoms with Crippen LogP contribution in [0.3, 0.4) is 0 Å². The van der Waals surface area contributed by atoms with Crippen LogP contribution in [0.4, 0.5) is 5.82 Å². The molecular weight excluding hydrogens is 292 g/mol. The first-order valence-corrected chi connectivity index (χ1v) is 9.27. The molecule has 1 fully saturated rings. The number of rotatable bonds is 3. The van der Waals surface area contributed by atoms with Crippen molar-refractivity contribution >= 4 is 27.4 Å². The molecule has 0 saturated carbocycles. The topological polar surface area (TPSA) is 41.1 Å². The fourth-order valence-corrected chi connectivity index (χ4v) is 4.99. The molecule has 1 aliphatic heterocycles. The van der Waals surface area contributed by atoms with Crippen LogP contribution in [-0.4, -0.2) is 35.0 Å². The lowest BCUT2D eigenvalue weighted by Gasteiger charge is -2.29. The van der Waals surface area contributed by atoms with Crippen LogP contribution in [0, 0.1) is 5.92 Å². The van der Waals surface area contributed by atoms with Gasteiger partial charge in [-0.1, -0.05) is 6.92 Å². The fraction of sp³-hybridized carbons (Fsp3) is 0.647. The van der Waals surface area contributed by atoms with Crippen LogP contribution in [0.25, 0.3) is 10.2 Å². The summed E-state index contributed by atoms with van der Waals surface area (Å²) in [6.07, 6.45) is 6.30. The molecule has 0 amide bonds. The molecule has 0 radical (unpaired) electrons. The normalized spacial score (nSPS) is 19.7. The van der Waals surface area contributed by atoms with Crippen molar-refractivity contribution in [3.8, 4) is 0 Å². The van der Waals surface area contributed by atoms with E-state index in [4.69, 9.17) is 9.97 Å². The van der Waals surface area contributed by atoms with Crippen LogP contribution in [-0.2, 0) is 19.4 Å². The zero-order valence-electron chi connectivity index (χ0n) is 13.5. The quantitative estimate of drug-likeness (QED) is 0.941. The molecule has 1 saturated heterocycles. The minimum atomic E-state index is 0.868. The summed E-state index contributed by atoms with van der Waals surface area (Å²) in [5.74, 6) is 2.88. The first kappa shape index (κ1) is 14.4. The van der Waals surface area contributed by atoms with Gasteiger partial charge in [0.25, 0.3) is 0 Å². The number of fused-ring (bicyclic) bond motifs is 3. The smallest absolute Gasteiger partial charge is 0.146 e. The summed E-state index contributed by atoms with van der Waals surface area (Å²) in [6, 6.07) is 0. The van der Waals surface area contributed by atoms with E-state index < -0.39 is 0 Å². The van der Waals surface area contributed by atoms with E-state index in [1.165, 1.54) is 65.9 Å². The summed E-state index contributed by atoms with van der Waals surface area (Å²) < 4.78 is 0. The van der Waals surface area contributed by atoms with Gasteiger partial charge in [-0.25, -0.2) is 9.97 Å². The van der Waals surface area contributed by atoms with E-state index in [1.807, 2.05) is 18.4 Å². The van der Waals surface area contributed by atoms with Gasteiger partial charge in [-0.05, 0) is 56.7 Å². The van der Waals surface area contributed by atoms with E-state index in [2.05, 4.69) is 17.1 Å². The van der Waals surface area contributed by atoms with Gasteiger partial charge in [0.05, 0.1) is 11.9 Å². The number of anilines is 1. The van der Waals surface area contributed by atoms with E-state index in [0.29, 0.717) is 0 Å². The number of nitrogens with one attached hydrogen (secondary N) is 1. The Morgan fingerprint density at radius 2 is 2.05 bits per heavy atom. The Morgan fingerprint density at radius 1 is 1.23 bits per heavy atom. The summed E-state index contributed by atoms with van der Waals surface area (Å²) in [6.45, 7) is 5.60. The zero-order valence-corrected chi connectivity index (χ0v) is 14.3. The van der Waals surface area contributed by atoms with Gasteiger partial charge in [0.2, 0.25) is 0 Å². The van der Waals surface area contributed by atoms with E-state index in [-0.39, 0.29) is 0 Å². The van der Waals surface area contributed by atoms with Crippen LogP contribution < -0.4 is 5.32 Å². The maximum absolute atomic E-state index is 4.89. The molecule has 118 valence electrons. The molecule has 0 aromatic carbocycles. The largest absolute Gasteiger partial charge is 0.372 e. The Morgan fingerprint density at radius 3 is 2.82 bits per heavy atom. The molecule has 4 nitrogen and oxygen atoms in total. The Bertz CT molecular complexity index is 686. The maximum Gasteiger partial charge on any atom is 0.146 e. The Hall–Kier alpha value is -1.20. The number of hydrogen-bond donors (Lipinski definition) is 1. The molecule has 5 heteroatoms. The second-order valence-corrected chi connectivity index (χ2v) is 7.82. The van der Waals surface area contributed by atoms with Crippen molar-refractivity contribution in [2.24, 2.45) is 5.92 Å². The number of aryl methyl sites for hydroxylation is 2. The first-order chi connectivity index (χ1) is 10.7. The molecule has 0 spiro atoms. The number of piperidine rings is 1. The summed E-state index contributed by atoms with van der Waals surface area (Å²) in [4.78, 5) is 14.9. The number of likely N-dealkylation sites (tertiary alicyclic amines) is 1. The van der Waals surface area contributed by atoms with E-state index >= 15 is 0 Å². The summed E-state index contributed by atoms with van der Waals surface area (Å²) in [7, 11) is 1.98. The van der Waals surface area contributed by atoms with Crippen molar-refractivity contribution in [2.45, 2.75) is 45.6 Å². The van der Waals surface area contributed by atoms with Crippen LogP contribution >= 0.6 is 11.3 Å². The van der Waals surface area contributed by atoms with Gasteiger partial charge in [0.1, 0.15) is 16.5 Å². The third-order valence-corrected chi connectivity index (χ3v) is 6.27. The average molecular weight is 316 g/mol. The molecule has 22 heavy (non-hydrogen) atoms. The summed E-state index contributed by atoms with van der Waals surface area (Å²) in [5.41, 5.74) is 1.50.